The smallest absolute Gasteiger partial charge is 0.341 e. The van der Waals surface area contributed by atoms with Gasteiger partial charge in [0.1, 0.15) is 5.00 Å². The quantitative estimate of drug-likeness (QED) is 0.377. The molecule has 0 aliphatic heterocycles. The number of thiophene rings is 1. The fourth-order valence-corrected chi connectivity index (χ4v) is 3.82. The Balaban J connectivity index is 2.05. The first-order chi connectivity index (χ1) is 11.9. The van der Waals surface area contributed by atoms with Gasteiger partial charge in [0.2, 0.25) is 0 Å². The Labute approximate surface area is 162 Å². The van der Waals surface area contributed by atoms with E-state index in [-0.39, 0.29) is 10.9 Å². The molecule has 0 fully saturated rings. The Morgan fingerprint density at radius 1 is 1.36 bits per heavy atom. The van der Waals surface area contributed by atoms with Crippen molar-refractivity contribution < 1.29 is 18.7 Å². The molecular weight excluding hydrogens is 430 g/mol. The van der Waals surface area contributed by atoms with Crippen LogP contribution in [0, 0.1) is 6.92 Å². The highest BCUT2D eigenvalue weighted by Gasteiger charge is 2.22. The van der Waals surface area contributed by atoms with Crippen molar-refractivity contribution >= 4 is 61.5 Å². The van der Waals surface area contributed by atoms with Crippen molar-refractivity contribution in [2.45, 2.75) is 20.3 Å². The second kappa shape index (κ2) is 8.45. The molecule has 0 radical (unpaired) electrons. The van der Waals surface area contributed by atoms with Crippen LogP contribution in [0.5, 0.6) is 0 Å². The van der Waals surface area contributed by atoms with E-state index in [1.54, 1.807) is 6.07 Å². The van der Waals surface area contributed by atoms with Crippen LogP contribution < -0.4 is 16.2 Å². The van der Waals surface area contributed by atoms with Gasteiger partial charge in [0, 0.05) is 4.88 Å². The zero-order chi connectivity index (χ0) is 18.6. The lowest BCUT2D eigenvalue weighted by Gasteiger charge is -2.11. The summed E-state index contributed by atoms with van der Waals surface area (Å²) in [5.74, 6) is -0.798. The number of hydrazine groups is 1. The SMILES string of the molecule is CCc1c(C)sc(NC(=S)NNC(=O)c2ccc(Br)o2)c1C(=O)OC. The average molecular weight is 446 g/mol. The minimum Gasteiger partial charge on any atom is -0.465 e. The van der Waals surface area contributed by atoms with Crippen LogP contribution in [0.2, 0.25) is 0 Å². The summed E-state index contributed by atoms with van der Waals surface area (Å²) in [5, 5.41) is 3.61. The molecule has 0 saturated heterocycles. The molecule has 0 aromatic carbocycles. The number of halogens is 1. The van der Waals surface area contributed by atoms with E-state index in [0.717, 1.165) is 10.4 Å². The molecular formula is C15H16BrN3O4S2. The lowest BCUT2D eigenvalue weighted by Crippen LogP contribution is -2.43. The van der Waals surface area contributed by atoms with E-state index in [1.165, 1.54) is 24.5 Å². The molecule has 0 spiro atoms. The summed E-state index contributed by atoms with van der Waals surface area (Å²) in [6.07, 6.45) is 0.693. The number of esters is 1. The van der Waals surface area contributed by atoms with Gasteiger partial charge in [-0.1, -0.05) is 6.92 Å². The third-order valence-electron chi connectivity index (χ3n) is 3.27. The Kier molecular flexibility index (Phi) is 6.57. The molecule has 0 unspecified atom stereocenters. The molecule has 0 bridgehead atoms. The summed E-state index contributed by atoms with van der Waals surface area (Å²) in [6.45, 7) is 3.89. The number of furan rings is 1. The number of aryl methyl sites for hydroxylation is 1. The third kappa shape index (κ3) is 4.59. The summed E-state index contributed by atoms with van der Waals surface area (Å²) < 4.78 is 10.4. The summed E-state index contributed by atoms with van der Waals surface area (Å²) in [5.41, 5.74) is 6.35. The van der Waals surface area contributed by atoms with E-state index in [2.05, 4.69) is 32.1 Å². The van der Waals surface area contributed by atoms with Crippen molar-refractivity contribution in [2.24, 2.45) is 0 Å². The van der Waals surface area contributed by atoms with Crippen molar-refractivity contribution in [3.63, 3.8) is 0 Å². The number of rotatable bonds is 4. The van der Waals surface area contributed by atoms with E-state index in [4.69, 9.17) is 21.4 Å². The number of carbonyl (C=O) groups excluding carboxylic acids is 2. The van der Waals surface area contributed by atoms with Crippen LogP contribution in [0.25, 0.3) is 0 Å². The number of anilines is 1. The number of hydrogen-bond donors (Lipinski definition) is 3. The molecule has 7 nitrogen and oxygen atoms in total. The monoisotopic (exact) mass is 445 g/mol. The average Bonchev–Trinajstić information content (AvgIpc) is 3.14. The standard InChI is InChI=1S/C15H16BrN3O4S2/c1-4-8-7(2)25-13(11(8)14(21)22-3)17-15(24)19-18-12(20)9-5-6-10(16)23-9/h5-6H,4H2,1-3H3,(H,18,20)(H2,17,19,24). The molecule has 2 aromatic heterocycles. The maximum Gasteiger partial charge on any atom is 0.341 e. The lowest BCUT2D eigenvalue weighted by atomic mass is 10.1. The summed E-state index contributed by atoms with van der Waals surface area (Å²) in [7, 11) is 1.33. The second-order valence-corrected chi connectivity index (χ2v) is 7.24. The van der Waals surface area contributed by atoms with Gasteiger partial charge in [-0.3, -0.25) is 15.6 Å². The van der Waals surface area contributed by atoms with Crippen LogP contribution >= 0.6 is 39.5 Å². The normalized spacial score (nSPS) is 10.2. The zero-order valence-electron chi connectivity index (χ0n) is 13.7. The molecule has 2 rings (SSSR count). The van der Waals surface area contributed by atoms with Crippen LogP contribution in [0.4, 0.5) is 5.00 Å². The maximum atomic E-state index is 12.1. The number of carbonyl (C=O) groups is 2. The molecule has 0 saturated carbocycles. The van der Waals surface area contributed by atoms with Gasteiger partial charge < -0.3 is 14.5 Å². The van der Waals surface area contributed by atoms with Crippen molar-refractivity contribution in [2.75, 3.05) is 12.4 Å². The maximum absolute atomic E-state index is 12.1. The lowest BCUT2D eigenvalue weighted by molar-refractivity contribution is 0.0601. The van der Waals surface area contributed by atoms with E-state index >= 15 is 0 Å². The van der Waals surface area contributed by atoms with E-state index in [1.807, 2.05) is 13.8 Å². The number of nitrogens with one attached hydrogen (secondary N) is 3. The topological polar surface area (TPSA) is 92.6 Å². The molecule has 3 N–H and O–H groups in total. The predicted octanol–water partition coefficient (Wildman–Crippen LogP) is 3.39. The zero-order valence-corrected chi connectivity index (χ0v) is 16.9. The fraction of sp³-hybridized carbons (Fsp3) is 0.267. The van der Waals surface area contributed by atoms with Crippen LogP contribution in [-0.4, -0.2) is 24.1 Å². The Bertz CT molecular complexity index is 816. The first-order valence-electron chi connectivity index (χ1n) is 7.20. The first kappa shape index (κ1) is 19.4. The molecule has 1 amide bonds. The van der Waals surface area contributed by atoms with Gasteiger partial charge in [-0.2, -0.15) is 0 Å². The minimum atomic E-state index is -0.486. The summed E-state index contributed by atoms with van der Waals surface area (Å²) in [4.78, 5) is 24.9. The van der Waals surface area contributed by atoms with Crippen LogP contribution in [0.3, 0.4) is 0 Å². The van der Waals surface area contributed by atoms with Gasteiger partial charge in [0.05, 0.1) is 12.7 Å². The van der Waals surface area contributed by atoms with Crippen molar-refractivity contribution in [3.05, 3.63) is 38.6 Å². The van der Waals surface area contributed by atoms with Crippen molar-refractivity contribution in [1.29, 1.82) is 0 Å². The Morgan fingerprint density at radius 3 is 2.64 bits per heavy atom. The van der Waals surface area contributed by atoms with E-state index in [9.17, 15) is 9.59 Å². The van der Waals surface area contributed by atoms with Gasteiger partial charge in [-0.15, -0.1) is 11.3 Å². The number of hydrogen-bond acceptors (Lipinski definition) is 6. The van der Waals surface area contributed by atoms with Crippen molar-refractivity contribution in [3.8, 4) is 0 Å². The third-order valence-corrected chi connectivity index (χ3v) is 4.96. The molecule has 2 aromatic rings. The van der Waals surface area contributed by atoms with Crippen molar-refractivity contribution in [1.82, 2.24) is 10.9 Å². The predicted molar refractivity (Wildman–Crippen MR) is 103 cm³/mol. The van der Waals surface area contributed by atoms with Crippen LogP contribution in [0.1, 0.15) is 38.3 Å². The van der Waals surface area contributed by atoms with Gasteiger partial charge in [-0.05, 0) is 59.2 Å². The molecule has 0 aliphatic rings. The molecule has 134 valence electrons. The molecule has 25 heavy (non-hydrogen) atoms. The number of methoxy groups -OCH3 is 1. The van der Waals surface area contributed by atoms with Gasteiger partial charge >= 0.3 is 11.9 Å². The highest BCUT2D eigenvalue weighted by molar-refractivity contribution is 9.10. The molecule has 10 heteroatoms. The Hall–Kier alpha value is -1.91. The highest BCUT2D eigenvalue weighted by atomic mass is 79.9. The summed E-state index contributed by atoms with van der Waals surface area (Å²) in [6, 6.07) is 3.12. The van der Waals surface area contributed by atoms with E-state index in [0.29, 0.717) is 21.7 Å². The molecule has 0 aliphatic carbocycles. The first-order valence-corrected chi connectivity index (χ1v) is 9.22. The van der Waals surface area contributed by atoms with Gasteiger partial charge in [0.15, 0.2) is 15.5 Å². The Morgan fingerprint density at radius 2 is 2.08 bits per heavy atom. The van der Waals surface area contributed by atoms with E-state index < -0.39 is 11.9 Å². The minimum absolute atomic E-state index is 0.123. The molecule has 0 atom stereocenters. The summed E-state index contributed by atoms with van der Waals surface area (Å²) >= 11 is 9.67. The fourth-order valence-electron chi connectivity index (χ4n) is 2.16. The largest absolute Gasteiger partial charge is 0.465 e. The highest BCUT2D eigenvalue weighted by Crippen LogP contribution is 2.33. The number of thiocarbonyl (C=S) groups is 1. The second-order valence-electron chi connectivity index (χ2n) is 4.82. The molecule has 2 heterocycles. The van der Waals surface area contributed by atoms with Crippen LogP contribution in [0.15, 0.2) is 21.2 Å². The number of amides is 1. The van der Waals surface area contributed by atoms with Gasteiger partial charge in [-0.25, -0.2) is 4.79 Å². The van der Waals surface area contributed by atoms with Gasteiger partial charge in [0.25, 0.3) is 0 Å². The number of ether oxygens (including phenoxy) is 1. The van der Waals surface area contributed by atoms with Crippen LogP contribution in [-0.2, 0) is 11.2 Å².